The van der Waals surface area contributed by atoms with Crippen molar-refractivity contribution in [1.82, 2.24) is 5.32 Å². The first kappa shape index (κ1) is 78.7. The van der Waals surface area contributed by atoms with Crippen LogP contribution in [0.25, 0.3) is 0 Å². The predicted molar refractivity (Wildman–Crippen MR) is 355 cm³/mol. The van der Waals surface area contributed by atoms with E-state index in [9.17, 15) is 19.4 Å². The number of unbranched alkanes of at least 4 members (excludes halogenated alkanes) is 36. The molecule has 0 spiro atoms. The topological polar surface area (TPSA) is 105 Å². The lowest BCUT2D eigenvalue weighted by Gasteiger charge is -2.26. The molecule has 0 aliphatic carbocycles. The van der Waals surface area contributed by atoms with Crippen LogP contribution in [0.4, 0.5) is 0 Å². The fourth-order valence-corrected chi connectivity index (χ4v) is 10.8. The SMILES string of the molecule is CC/C=C\C/C=C\C/C=C\C/C=C\C/C=C\C/C=C\C/C=C\CCCCCCCCCCCCCCCC(=O)NC(COP(=O)(O)OCC[N+](C)(C)C)C(O)CCCCCCCCCCCCCCCCCCCCCCCCCC. The number of likely N-dealkylation sites (N-methyl/N-ethyl adjacent to an activating group) is 1. The Morgan fingerprint density at radius 1 is 0.432 bits per heavy atom. The molecule has 0 rings (SSSR count). The molecule has 0 aromatic heterocycles. The highest BCUT2D eigenvalue weighted by atomic mass is 31.2. The average Bonchev–Trinajstić information content (AvgIpc) is 3.43. The van der Waals surface area contributed by atoms with E-state index in [-0.39, 0.29) is 19.1 Å². The lowest BCUT2D eigenvalue weighted by atomic mass is 10.0. The van der Waals surface area contributed by atoms with E-state index in [2.05, 4.69) is 104 Å². The van der Waals surface area contributed by atoms with Gasteiger partial charge < -0.3 is 19.8 Å². The number of aliphatic hydroxyl groups is 1. The number of hydrogen-bond acceptors (Lipinski definition) is 5. The number of aliphatic hydroxyl groups excluding tert-OH is 1. The number of allylic oxidation sites excluding steroid dienone is 14. The second-order valence-electron chi connectivity index (χ2n) is 24.5. The molecule has 0 aliphatic heterocycles. The normalized spacial score (nSPS) is 14.2. The van der Waals surface area contributed by atoms with E-state index in [1.165, 1.54) is 205 Å². The van der Waals surface area contributed by atoms with Crippen LogP contribution in [0.2, 0.25) is 0 Å². The van der Waals surface area contributed by atoms with Gasteiger partial charge in [-0.05, 0) is 70.6 Å². The Labute approximate surface area is 503 Å². The molecule has 0 saturated carbocycles. The summed E-state index contributed by atoms with van der Waals surface area (Å²) < 4.78 is 23.9. The molecule has 0 aliphatic rings. The third-order valence-electron chi connectivity index (χ3n) is 15.4. The minimum Gasteiger partial charge on any atom is -0.391 e. The lowest BCUT2D eigenvalue weighted by molar-refractivity contribution is -0.870. The van der Waals surface area contributed by atoms with Crippen molar-refractivity contribution in [2.75, 3.05) is 40.9 Å². The van der Waals surface area contributed by atoms with Crippen molar-refractivity contribution in [2.45, 2.75) is 328 Å². The van der Waals surface area contributed by atoms with Crippen LogP contribution in [0.1, 0.15) is 316 Å². The molecule has 3 unspecified atom stereocenters. The Morgan fingerprint density at radius 2 is 0.741 bits per heavy atom. The molecule has 81 heavy (non-hydrogen) atoms. The Hall–Kier alpha value is -2.32. The summed E-state index contributed by atoms with van der Waals surface area (Å²) in [5.74, 6) is -0.144. The largest absolute Gasteiger partial charge is 0.472 e. The summed E-state index contributed by atoms with van der Waals surface area (Å²) >= 11 is 0. The first-order chi connectivity index (χ1) is 39.5. The number of nitrogens with one attached hydrogen (secondary N) is 1. The van der Waals surface area contributed by atoms with Gasteiger partial charge in [-0.3, -0.25) is 13.8 Å². The van der Waals surface area contributed by atoms with Gasteiger partial charge in [-0.25, -0.2) is 4.57 Å². The smallest absolute Gasteiger partial charge is 0.391 e. The zero-order chi connectivity index (χ0) is 59.1. The molecule has 1 amide bonds. The fraction of sp³-hybridized carbons (Fsp3) is 0.792. The Bertz CT molecular complexity index is 1600. The lowest BCUT2D eigenvalue weighted by Crippen LogP contribution is -2.46. The van der Waals surface area contributed by atoms with Gasteiger partial charge in [0, 0.05) is 6.42 Å². The van der Waals surface area contributed by atoms with Gasteiger partial charge in [0.15, 0.2) is 0 Å². The number of carbonyl (C=O) groups excluding carboxylic acids is 1. The molecule has 0 aromatic rings. The maximum atomic E-state index is 13.1. The van der Waals surface area contributed by atoms with Crippen LogP contribution in [0.3, 0.4) is 0 Å². The van der Waals surface area contributed by atoms with Gasteiger partial charge in [0.05, 0.1) is 39.9 Å². The molecule has 472 valence electrons. The molecule has 0 heterocycles. The number of phosphoric ester groups is 1. The highest BCUT2D eigenvalue weighted by molar-refractivity contribution is 7.47. The van der Waals surface area contributed by atoms with Crippen molar-refractivity contribution >= 4 is 13.7 Å². The second kappa shape index (κ2) is 62.2. The number of nitrogens with zero attached hydrogens (tertiary/aromatic N) is 1. The Kier molecular flexibility index (Phi) is 60.4. The van der Waals surface area contributed by atoms with Crippen molar-refractivity contribution in [1.29, 1.82) is 0 Å². The third kappa shape index (κ3) is 65.1. The van der Waals surface area contributed by atoms with Gasteiger partial charge in [-0.2, -0.15) is 0 Å². The van der Waals surface area contributed by atoms with Gasteiger partial charge in [-0.15, -0.1) is 0 Å². The maximum absolute atomic E-state index is 13.1. The highest BCUT2D eigenvalue weighted by Crippen LogP contribution is 2.43. The van der Waals surface area contributed by atoms with Crippen LogP contribution in [0.15, 0.2) is 85.1 Å². The molecule has 3 atom stereocenters. The molecule has 9 heteroatoms. The van der Waals surface area contributed by atoms with Crippen LogP contribution in [0, 0.1) is 0 Å². The van der Waals surface area contributed by atoms with Crippen molar-refractivity contribution in [3.8, 4) is 0 Å². The average molecular weight is 1150 g/mol. The van der Waals surface area contributed by atoms with E-state index in [1.54, 1.807) is 0 Å². The number of carbonyl (C=O) groups is 1. The van der Waals surface area contributed by atoms with Crippen molar-refractivity contribution in [3.63, 3.8) is 0 Å². The summed E-state index contributed by atoms with van der Waals surface area (Å²) in [5.41, 5.74) is 0. The Morgan fingerprint density at radius 3 is 1.09 bits per heavy atom. The van der Waals surface area contributed by atoms with E-state index < -0.39 is 20.0 Å². The van der Waals surface area contributed by atoms with Gasteiger partial charge in [0.2, 0.25) is 5.91 Å². The van der Waals surface area contributed by atoms with Crippen LogP contribution < -0.4 is 5.32 Å². The standard InChI is InChI=1S/C72H133N2O6P/c1-6-8-10-12-14-16-18-20-22-24-26-28-30-32-33-34-35-36-37-38-39-40-41-42-44-46-48-50-52-54-56-58-60-62-64-66-72(76)73-70(69-80-81(77,78)79-68-67-74(3,4)5)71(75)65-63-61-59-57-55-53-51-49-47-45-43-31-29-27-25-23-21-19-17-15-13-11-9-7-2/h8,10,14,16,20,22,26,28,32-33,35-36,38-39,70-71,75H,6-7,9,11-13,15,17-19,21,23-25,27,29-31,34,37,40-69H2,1-5H3,(H-,73,76,77,78)/p+1/b10-8-,16-14-,22-20-,28-26-,33-32-,36-35-,39-38-. The van der Waals surface area contributed by atoms with Crippen LogP contribution in [0.5, 0.6) is 0 Å². The number of phosphoric acid groups is 1. The molecular weight excluding hydrogens is 1020 g/mol. The number of amides is 1. The summed E-state index contributed by atoms with van der Waals surface area (Å²) in [5, 5.41) is 14.1. The van der Waals surface area contributed by atoms with Crippen molar-refractivity contribution in [3.05, 3.63) is 85.1 Å². The maximum Gasteiger partial charge on any atom is 0.472 e. The van der Waals surface area contributed by atoms with Gasteiger partial charge in [-0.1, -0.05) is 324 Å². The molecular formula is C72H134N2O6P+. The van der Waals surface area contributed by atoms with E-state index in [0.29, 0.717) is 23.9 Å². The summed E-state index contributed by atoms with van der Waals surface area (Å²) in [6, 6.07) is -0.767. The zero-order valence-electron chi connectivity index (χ0n) is 54.0. The van der Waals surface area contributed by atoms with E-state index in [4.69, 9.17) is 9.05 Å². The van der Waals surface area contributed by atoms with Crippen LogP contribution in [-0.4, -0.2) is 73.4 Å². The number of rotatable bonds is 63. The van der Waals surface area contributed by atoms with Crippen LogP contribution in [-0.2, 0) is 18.4 Å². The van der Waals surface area contributed by atoms with E-state index >= 15 is 0 Å². The van der Waals surface area contributed by atoms with Crippen molar-refractivity contribution < 1.29 is 32.9 Å². The molecule has 0 aromatic carbocycles. The molecule has 0 bridgehead atoms. The summed E-state index contributed by atoms with van der Waals surface area (Å²) in [7, 11) is 1.62. The number of hydrogen-bond donors (Lipinski definition) is 3. The minimum atomic E-state index is -4.33. The zero-order valence-corrected chi connectivity index (χ0v) is 54.9. The monoisotopic (exact) mass is 1150 g/mol. The van der Waals surface area contributed by atoms with Crippen LogP contribution >= 0.6 is 7.82 Å². The molecule has 8 nitrogen and oxygen atoms in total. The summed E-state index contributed by atoms with van der Waals surface area (Å²) in [6.07, 6.45) is 88.1. The summed E-state index contributed by atoms with van der Waals surface area (Å²) in [6.45, 7) is 4.81. The molecule has 0 fully saturated rings. The quantitative estimate of drug-likeness (QED) is 0.0243. The van der Waals surface area contributed by atoms with Gasteiger partial charge >= 0.3 is 7.82 Å². The van der Waals surface area contributed by atoms with Crippen molar-refractivity contribution in [2.24, 2.45) is 0 Å². The van der Waals surface area contributed by atoms with Gasteiger partial charge in [0.25, 0.3) is 0 Å². The predicted octanol–water partition coefficient (Wildman–Crippen LogP) is 21.9. The minimum absolute atomic E-state index is 0.0726. The van der Waals surface area contributed by atoms with E-state index in [0.717, 1.165) is 83.5 Å². The van der Waals surface area contributed by atoms with Gasteiger partial charge in [0.1, 0.15) is 13.2 Å². The van der Waals surface area contributed by atoms with E-state index in [1.807, 2.05) is 21.1 Å². The first-order valence-electron chi connectivity index (χ1n) is 34.5. The molecule has 3 N–H and O–H groups in total. The Balaban J connectivity index is 4.06. The highest BCUT2D eigenvalue weighted by Gasteiger charge is 2.28. The second-order valence-corrected chi connectivity index (χ2v) is 26.0. The summed E-state index contributed by atoms with van der Waals surface area (Å²) in [4.78, 5) is 23.5. The fourth-order valence-electron chi connectivity index (χ4n) is 10.1. The first-order valence-corrected chi connectivity index (χ1v) is 35.9. The molecule has 0 radical (unpaired) electrons. The molecule has 0 saturated heterocycles. The number of quaternary nitrogens is 1. The third-order valence-corrected chi connectivity index (χ3v) is 16.4.